The van der Waals surface area contributed by atoms with Gasteiger partial charge in [0.2, 0.25) is 0 Å². The number of amides is 2. The summed E-state index contributed by atoms with van der Waals surface area (Å²) < 4.78 is 5.46. The zero-order chi connectivity index (χ0) is 15.5. The number of carbonyl (C=O) groups excluding carboxylic acids is 1. The van der Waals surface area contributed by atoms with Crippen molar-refractivity contribution in [1.29, 1.82) is 0 Å². The van der Waals surface area contributed by atoms with Crippen molar-refractivity contribution < 1.29 is 9.53 Å². The first-order valence-corrected chi connectivity index (χ1v) is 8.37. The average Bonchev–Trinajstić information content (AvgIpc) is 3.18. The summed E-state index contributed by atoms with van der Waals surface area (Å²) in [6, 6.07) is 5.80. The molecule has 0 aromatic heterocycles. The van der Waals surface area contributed by atoms with Crippen LogP contribution in [0.4, 0.5) is 4.79 Å². The van der Waals surface area contributed by atoms with Crippen molar-refractivity contribution >= 4 is 17.6 Å². The van der Waals surface area contributed by atoms with Gasteiger partial charge in [0.15, 0.2) is 0 Å². The standard InChI is InChI=1S/C17H23ClN2O2/c1-12-2-3-16(18)8-15(12)9-19-17(21)20-6-4-13(10-20)14-5-7-22-11-14/h2-3,8,13-14H,4-7,9-11H2,1H3,(H,19,21)/t13-,14+/m0/s1. The third-order valence-corrected chi connectivity index (χ3v) is 5.12. The van der Waals surface area contributed by atoms with Crippen LogP contribution in [-0.4, -0.2) is 37.2 Å². The second-order valence-electron chi connectivity index (χ2n) is 6.35. The minimum absolute atomic E-state index is 0.0285. The van der Waals surface area contributed by atoms with Crippen molar-refractivity contribution in [3.8, 4) is 0 Å². The van der Waals surface area contributed by atoms with Gasteiger partial charge in [-0.1, -0.05) is 17.7 Å². The summed E-state index contributed by atoms with van der Waals surface area (Å²) in [6.07, 6.45) is 2.24. The first kappa shape index (κ1) is 15.6. The van der Waals surface area contributed by atoms with Gasteiger partial charge in [0.1, 0.15) is 0 Å². The predicted octanol–water partition coefficient (Wildman–Crippen LogP) is 3.22. The van der Waals surface area contributed by atoms with E-state index in [9.17, 15) is 4.79 Å². The molecule has 2 heterocycles. The van der Waals surface area contributed by atoms with E-state index in [2.05, 4.69) is 5.32 Å². The van der Waals surface area contributed by atoms with Gasteiger partial charge < -0.3 is 15.0 Å². The summed E-state index contributed by atoms with van der Waals surface area (Å²) in [6.45, 7) is 6.00. The summed E-state index contributed by atoms with van der Waals surface area (Å²) in [5.74, 6) is 1.23. The second-order valence-corrected chi connectivity index (χ2v) is 6.78. The Morgan fingerprint density at radius 2 is 2.27 bits per heavy atom. The van der Waals surface area contributed by atoms with Gasteiger partial charge in [-0.15, -0.1) is 0 Å². The maximum absolute atomic E-state index is 12.3. The molecule has 2 aliphatic heterocycles. The fourth-order valence-corrected chi connectivity index (χ4v) is 3.59. The van der Waals surface area contributed by atoms with E-state index in [1.165, 1.54) is 0 Å². The molecule has 2 fully saturated rings. The second kappa shape index (κ2) is 6.88. The van der Waals surface area contributed by atoms with E-state index in [1.807, 2.05) is 30.0 Å². The van der Waals surface area contributed by atoms with Crippen LogP contribution in [0.2, 0.25) is 5.02 Å². The van der Waals surface area contributed by atoms with Crippen LogP contribution < -0.4 is 5.32 Å². The number of carbonyl (C=O) groups is 1. The monoisotopic (exact) mass is 322 g/mol. The molecule has 2 atom stereocenters. The zero-order valence-corrected chi connectivity index (χ0v) is 13.7. The minimum atomic E-state index is 0.0285. The molecule has 0 bridgehead atoms. The largest absolute Gasteiger partial charge is 0.381 e. The summed E-state index contributed by atoms with van der Waals surface area (Å²) in [4.78, 5) is 14.3. The van der Waals surface area contributed by atoms with E-state index in [4.69, 9.17) is 16.3 Å². The predicted molar refractivity (Wildman–Crippen MR) is 87.0 cm³/mol. The molecular weight excluding hydrogens is 300 g/mol. The Balaban J connectivity index is 1.51. The van der Waals surface area contributed by atoms with Crippen LogP contribution in [0.15, 0.2) is 18.2 Å². The molecular formula is C17H23ClN2O2. The topological polar surface area (TPSA) is 41.6 Å². The van der Waals surface area contributed by atoms with Gasteiger partial charge in [0.05, 0.1) is 0 Å². The van der Waals surface area contributed by atoms with Gasteiger partial charge >= 0.3 is 6.03 Å². The van der Waals surface area contributed by atoms with Crippen molar-refractivity contribution in [3.05, 3.63) is 34.3 Å². The smallest absolute Gasteiger partial charge is 0.317 e. The van der Waals surface area contributed by atoms with Gasteiger partial charge in [-0.2, -0.15) is 0 Å². The fraction of sp³-hybridized carbons (Fsp3) is 0.588. The normalized spacial score (nSPS) is 24.7. The first-order valence-electron chi connectivity index (χ1n) is 7.99. The highest BCUT2D eigenvalue weighted by Gasteiger charge is 2.33. The SMILES string of the molecule is Cc1ccc(Cl)cc1CNC(=O)N1CC[C@H]([C@@H]2CCOC2)C1. The van der Waals surface area contributed by atoms with E-state index in [0.717, 1.165) is 50.3 Å². The summed E-state index contributed by atoms with van der Waals surface area (Å²) >= 11 is 6.02. The lowest BCUT2D eigenvalue weighted by Gasteiger charge is -2.20. The van der Waals surface area contributed by atoms with Gasteiger partial charge in [-0.25, -0.2) is 4.79 Å². The number of hydrogen-bond donors (Lipinski definition) is 1. The Morgan fingerprint density at radius 3 is 3.05 bits per heavy atom. The lowest BCUT2D eigenvalue weighted by molar-refractivity contribution is 0.170. The molecule has 0 spiro atoms. The summed E-state index contributed by atoms with van der Waals surface area (Å²) in [5, 5.41) is 3.72. The molecule has 1 aromatic rings. The molecule has 2 amide bonds. The molecule has 0 radical (unpaired) electrons. The fourth-order valence-electron chi connectivity index (χ4n) is 3.39. The molecule has 1 N–H and O–H groups in total. The summed E-state index contributed by atoms with van der Waals surface area (Å²) in [7, 11) is 0. The highest BCUT2D eigenvalue weighted by Crippen LogP contribution is 2.29. The van der Waals surface area contributed by atoms with Crippen molar-refractivity contribution in [3.63, 3.8) is 0 Å². The van der Waals surface area contributed by atoms with Crippen molar-refractivity contribution in [2.75, 3.05) is 26.3 Å². The van der Waals surface area contributed by atoms with E-state index in [1.54, 1.807) is 0 Å². The molecule has 0 unspecified atom stereocenters. The molecule has 5 heteroatoms. The highest BCUT2D eigenvalue weighted by molar-refractivity contribution is 6.30. The number of halogens is 1. The van der Waals surface area contributed by atoms with E-state index >= 15 is 0 Å². The van der Waals surface area contributed by atoms with Crippen LogP contribution in [0.3, 0.4) is 0 Å². The number of urea groups is 1. The maximum Gasteiger partial charge on any atom is 0.317 e. The molecule has 1 aromatic carbocycles. The number of benzene rings is 1. The lowest BCUT2D eigenvalue weighted by atomic mass is 9.91. The molecule has 120 valence electrons. The van der Waals surface area contributed by atoms with E-state index in [0.29, 0.717) is 23.4 Å². The summed E-state index contributed by atoms with van der Waals surface area (Å²) in [5.41, 5.74) is 2.22. The number of hydrogen-bond acceptors (Lipinski definition) is 2. The van der Waals surface area contributed by atoms with Crippen molar-refractivity contribution in [1.82, 2.24) is 10.2 Å². The van der Waals surface area contributed by atoms with Gasteiger partial charge in [0, 0.05) is 37.9 Å². The molecule has 2 aliphatic rings. The molecule has 2 saturated heterocycles. The molecule has 4 nitrogen and oxygen atoms in total. The number of aryl methyl sites for hydroxylation is 1. The van der Waals surface area contributed by atoms with Crippen LogP contribution in [0.1, 0.15) is 24.0 Å². The van der Waals surface area contributed by atoms with Gasteiger partial charge in [0.25, 0.3) is 0 Å². The number of nitrogens with zero attached hydrogens (tertiary/aromatic N) is 1. The van der Waals surface area contributed by atoms with Crippen molar-refractivity contribution in [2.24, 2.45) is 11.8 Å². The van der Waals surface area contributed by atoms with Crippen molar-refractivity contribution in [2.45, 2.75) is 26.3 Å². The number of nitrogens with one attached hydrogen (secondary N) is 1. The Bertz CT molecular complexity index is 543. The Hall–Kier alpha value is -1.26. The van der Waals surface area contributed by atoms with Crippen LogP contribution in [0.5, 0.6) is 0 Å². The van der Waals surface area contributed by atoms with Crippen LogP contribution in [0, 0.1) is 18.8 Å². The number of rotatable bonds is 3. The molecule has 3 rings (SSSR count). The number of ether oxygens (including phenoxy) is 1. The highest BCUT2D eigenvalue weighted by atomic mass is 35.5. The molecule has 0 aliphatic carbocycles. The van der Waals surface area contributed by atoms with Crippen LogP contribution >= 0.6 is 11.6 Å². The third kappa shape index (κ3) is 3.55. The average molecular weight is 323 g/mol. The first-order chi connectivity index (χ1) is 10.6. The maximum atomic E-state index is 12.3. The van der Waals surface area contributed by atoms with Gasteiger partial charge in [-0.05, 0) is 54.9 Å². The lowest BCUT2D eigenvalue weighted by Crippen LogP contribution is -2.38. The van der Waals surface area contributed by atoms with Crippen LogP contribution in [0.25, 0.3) is 0 Å². The Kier molecular flexibility index (Phi) is 4.89. The number of likely N-dealkylation sites (tertiary alicyclic amines) is 1. The molecule has 0 saturated carbocycles. The van der Waals surface area contributed by atoms with Crippen LogP contribution in [-0.2, 0) is 11.3 Å². The third-order valence-electron chi connectivity index (χ3n) is 4.88. The minimum Gasteiger partial charge on any atom is -0.381 e. The van der Waals surface area contributed by atoms with E-state index in [-0.39, 0.29) is 6.03 Å². The zero-order valence-electron chi connectivity index (χ0n) is 13.0. The Morgan fingerprint density at radius 1 is 1.41 bits per heavy atom. The van der Waals surface area contributed by atoms with E-state index < -0.39 is 0 Å². The van der Waals surface area contributed by atoms with Gasteiger partial charge in [-0.3, -0.25) is 0 Å². The molecule has 22 heavy (non-hydrogen) atoms. The Labute approximate surface area is 136 Å². The quantitative estimate of drug-likeness (QED) is 0.928.